The third-order valence-corrected chi connectivity index (χ3v) is 25.2. The van der Waals surface area contributed by atoms with Crippen LogP contribution in [0.5, 0.6) is 0 Å². The van der Waals surface area contributed by atoms with Crippen LogP contribution in [0.3, 0.4) is 0 Å². The zero-order valence-electron chi connectivity index (χ0n) is 59.6. The van der Waals surface area contributed by atoms with Crippen LogP contribution in [0.4, 0.5) is 34.1 Å². The highest BCUT2D eigenvalue weighted by molar-refractivity contribution is 6.31. The minimum absolute atomic E-state index is 0.303. The molecule has 0 N–H and O–H groups in total. The van der Waals surface area contributed by atoms with E-state index in [2.05, 4.69) is 289 Å². The molecule has 0 radical (unpaired) electrons. The van der Waals surface area contributed by atoms with Crippen LogP contribution in [0.25, 0.3) is 130 Å². The predicted octanol–water partition coefficient (Wildman–Crippen LogP) is 30.0. The van der Waals surface area contributed by atoms with Gasteiger partial charge < -0.3 is 23.1 Å². The number of hydrogen-bond acceptors (Lipinski definition) is 5. The Morgan fingerprint density at radius 3 is 1.12 bits per heavy atom. The van der Waals surface area contributed by atoms with E-state index < -0.39 is 0 Å². The highest BCUT2D eigenvalue weighted by atomic mass is 16.3. The molecule has 3 aromatic heterocycles. The normalized spacial score (nSPS) is 15.6. The van der Waals surface area contributed by atoms with Crippen LogP contribution >= 0.6 is 0 Å². The molecule has 0 bridgehead atoms. The van der Waals surface area contributed by atoms with Gasteiger partial charge in [0.05, 0.1) is 22.7 Å². The van der Waals surface area contributed by atoms with Crippen LogP contribution in [0.2, 0.25) is 0 Å². The fourth-order valence-corrected chi connectivity index (χ4v) is 20.4. The summed E-state index contributed by atoms with van der Waals surface area (Å²) in [4.78, 5) is 5.03. The largest absolute Gasteiger partial charge is 0.455 e. The van der Waals surface area contributed by atoms with Crippen LogP contribution in [-0.2, 0) is 0 Å². The van der Waals surface area contributed by atoms with E-state index >= 15 is 0 Å². The van der Waals surface area contributed by atoms with Gasteiger partial charge in [-0.2, -0.15) is 0 Å². The quantitative estimate of drug-likeness (QED) is 0.0901. The SMILES string of the molecule is c1ccc(C(c2cc(N(c3ccccc3)c3cccc4c3oc3c(C5CCCCC5)cc5ccccc5c34)c3ccc4ccc(N(c5ccccc5)c5cccc6c5oc5c(C7CCCCC7)cc7ccccc7c56)c5ccc2c3c45)c2cccc3c2oc2c(C4CCCCC4)cc4ccccc4c23)cc1. The van der Waals surface area contributed by atoms with Crippen molar-refractivity contribution in [2.24, 2.45) is 0 Å². The van der Waals surface area contributed by atoms with Gasteiger partial charge >= 0.3 is 0 Å². The zero-order valence-corrected chi connectivity index (χ0v) is 59.6. The maximum absolute atomic E-state index is 7.80. The Morgan fingerprint density at radius 1 is 0.236 bits per heavy atom. The Bertz CT molecular complexity index is 6420. The van der Waals surface area contributed by atoms with E-state index in [9.17, 15) is 0 Å². The molecule has 3 aliphatic rings. The summed E-state index contributed by atoms with van der Waals surface area (Å²) in [5.41, 5.74) is 19.6. The Labute approximate surface area is 616 Å². The van der Waals surface area contributed by atoms with Crippen molar-refractivity contribution in [1.82, 2.24) is 0 Å². The van der Waals surface area contributed by atoms with E-state index in [0.717, 1.165) is 100 Å². The van der Waals surface area contributed by atoms with Crippen LogP contribution in [-0.4, -0.2) is 0 Å². The van der Waals surface area contributed by atoms with Gasteiger partial charge in [0, 0.05) is 65.9 Å². The molecule has 3 aliphatic carbocycles. The molecular formula is C101H80N2O3. The first-order valence-corrected chi connectivity index (χ1v) is 39.2. The Balaban J connectivity index is 0.849. The third-order valence-electron chi connectivity index (χ3n) is 25.2. The molecule has 3 heterocycles. The fraction of sp³-hybridized carbons (Fsp3) is 0.188. The van der Waals surface area contributed by atoms with Gasteiger partial charge in [-0.1, -0.05) is 270 Å². The number of nitrogens with zero attached hydrogens (tertiary/aromatic N) is 2. The van der Waals surface area contributed by atoms with Crippen molar-refractivity contribution in [3.05, 3.63) is 312 Å². The van der Waals surface area contributed by atoms with Gasteiger partial charge in [-0.25, -0.2) is 0 Å². The van der Waals surface area contributed by atoms with E-state index in [1.54, 1.807) is 0 Å². The molecule has 0 spiro atoms. The van der Waals surface area contributed by atoms with Crippen LogP contribution in [0.1, 0.15) is 153 Å². The molecule has 0 amide bonds. The number of furan rings is 3. The van der Waals surface area contributed by atoms with Crippen LogP contribution in [0.15, 0.2) is 292 Å². The second-order valence-corrected chi connectivity index (χ2v) is 31.0. The van der Waals surface area contributed by atoms with Gasteiger partial charge in [0.2, 0.25) is 0 Å². The first-order chi connectivity index (χ1) is 52.6. The lowest BCUT2D eigenvalue weighted by Crippen LogP contribution is -2.13. The first kappa shape index (κ1) is 61.8. The third kappa shape index (κ3) is 9.66. The summed E-state index contributed by atoms with van der Waals surface area (Å²) in [6, 6.07) is 106. The molecule has 5 nitrogen and oxygen atoms in total. The van der Waals surface area contributed by atoms with Gasteiger partial charge in [0.1, 0.15) is 22.3 Å². The van der Waals surface area contributed by atoms with E-state index in [1.807, 2.05) is 0 Å². The van der Waals surface area contributed by atoms with Gasteiger partial charge in [-0.05, 0) is 205 Å². The number of fused-ring (bicyclic) bond motifs is 15. The molecule has 19 aromatic rings. The maximum Gasteiger partial charge on any atom is 0.159 e. The van der Waals surface area contributed by atoms with Crippen LogP contribution in [0, 0.1) is 0 Å². The number of rotatable bonds is 12. The second-order valence-electron chi connectivity index (χ2n) is 31.0. The van der Waals surface area contributed by atoms with Crippen molar-refractivity contribution in [3.8, 4) is 0 Å². The van der Waals surface area contributed by atoms with E-state index in [0.29, 0.717) is 17.8 Å². The van der Waals surface area contributed by atoms with Crippen molar-refractivity contribution in [1.29, 1.82) is 0 Å². The molecule has 16 aromatic carbocycles. The van der Waals surface area contributed by atoms with E-state index in [4.69, 9.17) is 13.3 Å². The number of para-hydroxylation sites is 5. The van der Waals surface area contributed by atoms with Crippen molar-refractivity contribution in [3.63, 3.8) is 0 Å². The molecule has 22 rings (SSSR count). The van der Waals surface area contributed by atoms with Crippen molar-refractivity contribution < 1.29 is 13.3 Å². The minimum Gasteiger partial charge on any atom is -0.455 e. The Kier molecular flexibility index (Phi) is 14.6. The van der Waals surface area contributed by atoms with Crippen LogP contribution < -0.4 is 9.80 Å². The molecule has 512 valence electrons. The molecule has 1 unspecified atom stereocenters. The summed E-state index contributed by atoms with van der Waals surface area (Å²) < 4.78 is 23.2. The van der Waals surface area contributed by atoms with E-state index in [1.165, 1.54) is 194 Å². The lowest BCUT2D eigenvalue weighted by Gasteiger charge is -2.31. The maximum atomic E-state index is 7.80. The Hall–Kier alpha value is -11.7. The average Bonchev–Trinajstić information content (AvgIpc) is 1.08. The van der Waals surface area contributed by atoms with E-state index in [-0.39, 0.29) is 5.92 Å². The minimum atomic E-state index is -0.303. The zero-order chi connectivity index (χ0) is 69.5. The summed E-state index contributed by atoms with van der Waals surface area (Å²) in [7, 11) is 0. The highest BCUT2D eigenvalue weighted by Gasteiger charge is 2.34. The molecule has 0 aliphatic heterocycles. The molecule has 3 saturated carbocycles. The topological polar surface area (TPSA) is 45.9 Å². The molecule has 1 atom stereocenters. The lowest BCUT2D eigenvalue weighted by atomic mass is 9.79. The number of anilines is 6. The molecule has 106 heavy (non-hydrogen) atoms. The van der Waals surface area contributed by atoms with Crippen molar-refractivity contribution in [2.45, 2.75) is 120 Å². The summed E-state index contributed by atoms with van der Waals surface area (Å²) >= 11 is 0. The lowest BCUT2D eigenvalue weighted by molar-refractivity contribution is 0.442. The smallest absolute Gasteiger partial charge is 0.159 e. The summed E-state index contributed by atoms with van der Waals surface area (Å²) in [5, 5.41) is 21.6. The second kappa shape index (κ2) is 25.0. The monoisotopic (exact) mass is 1370 g/mol. The average molecular weight is 1370 g/mol. The summed E-state index contributed by atoms with van der Waals surface area (Å²) in [6.07, 6.45) is 18.3. The fourth-order valence-electron chi connectivity index (χ4n) is 20.4. The van der Waals surface area contributed by atoms with Crippen molar-refractivity contribution in [2.75, 3.05) is 9.80 Å². The van der Waals surface area contributed by atoms with Crippen molar-refractivity contribution >= 4 is 165 Å². The standard InChI is InChI=1S/C101H80N2O3/c1-7-28-62(29-8-1)82-58-67-36-19-22-43-72(67)93-79-47-25-46-78(96(79)104-99(82)93)90(65-34-13-4-14-35-65)85-61-89(103(71-41-17-6-18-42-71)88-51-27-49-81-95-74-45-24-21-38-69(74)60-84(101(95)106-98(81)88)64-32-11-3-12-33-64)77-54-52-66-53-57-86(76-56-55-75(85)92(77)91(66)76)102(70-39-15-5-16-40-70)87-50-26-48-80-94-73-44-23-20-37-68(73)59-83(100(94)105-97(80)87)63-30-9-2-10-31-63/h4-6,13-27,34-64,90H,1-3,7-12,28-33H2. The van der Waals surface area contributed by atoms with Gasteiger partial charge in [-0.3, -0.25) is 0 Å². The molecule has 0 saturated heterocycles. The number of benzene rings is 16. The van der Waals surface area contributed by atoms with Gasteiger partial charge in [-0.15, -0.1) is 0 Å². The highest BCUT2D eigenvalue weighted by Crippen LogP contribution is 2.56. The molecule has 5 heteroatoms. The van der Waals surface area contributed by atoms with Gasteiger partial charge in [0.15, 0.2) is 11.2 Å². The number of hydrogen-bond donors (Lipinski definition) is 0. The van der Waals surface area contributed by atoms with Gasteiger partial charge in [0.25, 0.3) is 0 Å². The molecular weight excluding hydrogens is 1290 g/mol. The summed E-state index contributed by atoms with van der Waals surface area (Å²) in [5.74, 6) is 0.996. The first-order valence-electron chi connectivity index (χ1n) is 39.2. The molecule has 3 fully saturated rings. The predicted molar refractivity (Wildman–Crippen MR) is 445 cm³/mol. The Morgan fingerprint density at radius 2 is 0.623 bits per heavy atom. The summed E-state index contributed by atoms with van der Waals surface area (Å²) in [6.45, 7) is 0.